The number of hydrogen-bond acceptors (Lipinski definition) is 3. The zero-order valence-corrected chi connectivity index (χ0v) is 17.1. The lowest BCUT2D eigenvalue weighted by Crippen LogP contribution is -2.58. The van der Waals surface area contributed by atoms with E-state index in [1.54, 1.807) is 20.9 Å². The van der Waals surface area contributed by atoms with Crippen LogP contribution in [-0.2, 0) is 15.3 Å². The molecule has 1 aromatic carbocycles. The molecule has 1 N–H and O–H groups in total. The summed E-state index contributed by atoms with van der Waals surface area (Å²) in [4.78, 5) is 6.43. The summed E-state index contributed by atoms with van der Waals surface area (Å²) in [5.74, 6) is 0.937. The summed E-state index contributed by atoms with van der Waals surface area (Å²) in [5, 5.41) is 3.45. The number of aliphatic imine (C=N–C) groups is 1. The lowest BCUT2D eigenvalue weighted by Gasteiger charge is -2.40. The Balaban J connectivity index is 2.10. The summed E-state index contributed by atoms with van der Waals surface area (Å²) >= 11 is 0. The summed E-state index contributed by atoms with van der Waals surface area (Å²) in [5.41, 5.74) is 2.52. The van der Waals surface area contributed by atoms with E-state index in [-0.39, 0.29) is 11.2 Å². The Bertz CT molecular complexity index is 752. The fourth-order valence-electron chi connectivity index (χ4n) is 3.38. The maximum Gasteiger partial charge on any atom is 0.193 e. The molecule has 1 aliphatic heterocycles. The van der Waals surface area contributed by atoms with Crippen LogP contribution < -0.4 is 5.32 Å². The van der Waals surface area contributed by atoms with E-state index < -0.39 is 14.6 Å². The lowest BCUT2D eigenvalue weighted by atomic mass is 9.82. The highest BCUT2D eigenvalue weighted by Gasteiger charge is 2.41. The number of hydrogen-bond donors (Lipinski definition) is 1. The van der Waals surface area contributed by atoms with Crippen molar-refractivity contribution in [1.29, 1.82) is 0 Å². The first kappa shape index (κ1) is 19.8. The van der Waals surface area contributed by atoms with Crippen molar-refractivity contribution in [3.8, 4) is 0 Å². The SMILES string of the molecule is CN=C(NCC(C)(C)c1ccccc1C)N1CCS(=O)(=O)C(C)(C)C1. The average molecular weight is 366 g/mol. The van der Waals surface area contributed by atoms with Gasteiger partial charge in [-0.25, -0.2) is 8.42 Å². The predicted octanol–water partition coefficient (Wildman–Crippen LogP) is 2.36. The highest BCUT2D eigenvalue weighted by atomic mass is 32.2. The van der Waals surface area contributed by atoms with Crippen LogP contribution in [0.15, 0.2) is 29.3 Å². The largest absolute Gasteiger partial charge is 0.355 e. The van der Waals surface area contributed by atoms with Gasteiger partial charge in [0, 0.05) is 32.1 Å². The first-order valence-corrected chi connectivity index (χ1v) is 10.4. The Hall–Kier alpha value is -1.56. The van der Waals surface area contributed by atoms with E-state index in [1.807, 2.05) is 0 Å². The summed E-state index contributed by atoms with van der Waals surface area (Å²) < 4.78 is 23.7. The van der Waals surface area contributed by atoms with E-state index in [2.05, 4.69) is 60.2 Å². The van der Waals surface area contributed by atoms with Crippen molar-refractivity contribution in [2.45, 2.75) is 44.8 Å². The zero-order chi connectivity index (χ0) is 18.9. The van der Waals surface area contributed by atoms with Crippen molar-refractivity contribution in [1.82, 2.24) is 10.2 Å². The molecular weight excluding hydrogens is 334 g/mol. The molecule has 0 aliphatic carbocycles. The van der Waals surface area contributed by atoms with Crippen LogP contribution in [0.3, 0.4) is 0 Å². The minimum Gasteiger partial charge on any atom is -0.355 e. The van der Waals surface area contributed by atoms with Crippen molar-refractivity contribution < 1.29 is 8.42 Å². The Morgan fingerprint density at radius 2 is 1.96 bits per heavy atom. The molecule has 1 aliphatic rings. The fraction of sp³-hybridized carbons (Fsp3) is 0.632. The van der Waals surface area contributed by atoms with Crippen LogP contribution in [0.4, 0.5) is 0 Å². The minimum absolute atomic E-state index is 0.0569. The van der Waals surface area contributed by atoms with Crippen LogP contribution in [0.2, 0.25) is 0 Å². The van der Waals surface area contributed by atoms with Gasteiger partial charge >= 0.3 is 0 Å². The molecule has 1 aromatic rings. The van der Waals surface area contributed by atoms with E-state index >= 15 is 0 Å². The van der Waals surface area contributed by atoms with Gasteiger partial charge < -0.3 is 10.2 Å². The van der Waals surface area contributed by atoms with Gasteiger partial charge in [0.2, 0.25) is 0 Å². The Kier molecular flexibility index (Phi) is 5.52. The Morgan fingerprint density at radius 1 is 1.32 bits per heavy atom. The van der Waals surface area contributed by atoms with Gasteiger partial charge in [0.05, 0.1) is 10.5 Å². The van der Waals surface area contributed by atoms with Gasteiger partial charge in [-0.3, -0.25) is 4.99 Å². The second-order valence-corrected chi connectivity index (χ2v) is 10.8. The molecule has 5 nitrogen and oxygen atoms in total. The van der Waals surface area contributed by atoms with Gasteiger partial charge in [0.1, 0.15) is 0 Å². The summed E-state index contributed by atoms with van der Waals surface area (Å²) in [6.45, 7) is 11.8. The van der Waals surface area contributed by atoms with Gasteiger partial charge in [-0.1, -0.05) is 38.1 Å². The first-order chi connectivity index (χ1) is 11.5. The van der Waals surface area contributed by atoms with Gasteiger partial charge in [-0.15, -0.1) is 0 Å². The molecule has 25 heavy (non-hydrogen) atoms. The fourth-order valence-corrected chi connectivity index (χ4v) is 4.75. The van der Waals surface area contributed by atoms with Crippen molar-refractivity contribution in [2.75, 3.05) is 32.4 Å². The molecule has 1 saturated heterocycles. The Labute approximate surface area is 152 Å². The molecule has 0 unspecified atom stereocenters. The molecule has 0 bridgehead atoms. The van der Waals surface area contributed by atoms with E-state index in [9.17, 15) is 8.42 Å². The predicted molar refractivity (Wildman–Crippen MR) is 105 cm³/mol. The van der Waals surface area contributed by atoms with E-state index in [4.69, 9.17) is 0 Å². The number of benzene rings is 1. The van der Waals surface area contributed by atoms with Crippen LogP contribution in [0.5, 0.6) is 0 Å². The molecule has 0 atom stereocenters. The summed E-state index contributed by atoms with van der Waals surface area (Å²) in [6, 6.07) is 8.41. The molecule has 1 heterocycles. The molecule has 0 spiro atoms. The van der Waals surface area contributed by atoms with Crippen LogP contribution in [0, 0.1) is 6.92 Å². The van der Waals surface area contributed by atoms with E-state index in [1.165, 1.54) is 11.1 Å². The first-order valence-electron chi connectivity index (χ1n) is 8.74. The van der Waals surface area contributed by atoms with Gasteiger partial charge in [-0.05, 0) is 31.9 Å². The average Bonchev–Trinajstić information content (AvgIpc) is 2.51. The number of guanidine groups is 1. The lowest BCUT2D eigenvalue weighted by molar-refractivity contribution is 0.349. The van der Waals surface area contributed by atoms with E-state index in [0.29, 0.717) is 13.1 Å². The second kappa shape index (κ2) is 6.98. The zero-order valence-electron chi connectivity index (χ0n) is 16.3. The highest BCUT2D eigenvalue weighted by molar-refractivity contribution is 7.92. The van der Waals surface area contributed by atoms with Gasteiger partial charge in [0.25, 0.3) is 0 Å². The van der Waals surface area contributed by atoms with Crippen molar-refractivity contribution in [3.05, 3.63) is 35.4 Å². The molecule has 0 aromatic heterocycles. The molecule has 1 fully saturated rings. The molecule has 6 heteroatoms. The number of aryl methyl sites for hydroxylation is 1. The number of nitrogens with one attached hydrogen (secondary N) is 1. The third-order valence-electron chi connectivity index (χ3n) is 5.12. The highest BCUT2D eigenvalue weighted by Crippen LogP contribution is 2.26. The van der Waals surface area contributed by atoms with Crippen LogP contribution in [0.1, 0.15) is 38.8 Å². The van der Waals surface area contributed by atoms with Gasteiger partial charge in [-0.2, -0.15) is 0 Å². The number of sulfone groups is 1. The maximum atomic E-state index is 12.2. The van der Waals surface area contributed by atoms with E-state index in [0.717, 1.165) is 12.5 Å². The standard InChI is InChI=1S/C19H31N3O2S/c1-15-9-7-8-10-16(15)18(2,3)13-21-17(20-6)22-11-12-25(23,24)19(4,5)14-22/h7-10H,11-14H2,1-6H3,(H,20,21). The third kappa shape index (κ3) is 4.17. The maximum absolute atomic E-state index is 12.2. The van der Waals surface area contributed by atoms with Crippen LogP contribution >= 0.6 is 0 Å². The normalized spacial score (nSPS) is 20.4. The molecule has 0 amide bonds. The van der Waals surface area contributed by atoms with Crippen molar-refractivity contribution in [2.24, 2.45) is 4.99 Å². The molecule has 2 rings (SSSR count). The molecular formula is C19H31N3O2S. The number of nitrogens with zero attached hydrogens (tertiary/aromatic N) is 2. The van der Waals surface area contributed by atoms with Crippen LogP contribution in [0.25, 0.3) is 0 Å². The summed E-state index contributed by atoms with van der Waals surface area (Å²) in [7, 11) is -1.30. The summed E-state index contributed by atoms with van der Waals surface area (Å²) in [6.07, 6.45) is 0. The number of rotatable bonds is 3. The molecule has 0 radical (unpaired) electrons. The molecule has 140 valence electrons. The van der Waals surface area contributed by atoms with Gasteiger partial charge in [0.15, 0.2) is 15.8 Å². The monoisotopic (exact) mass is 365 g/mol. The smallest absolute Gasteiger partial charge is 0.193 e. The third-order valence-corrected chi connectivity index (χ3v) is 7.65. The van der Waals surface area contributed by atoms with Crippen molar-refractivity contribution in [3.63, 3.8) is 0 Å². The quantitative estimate of drug-likeness (QED) is 0.660. The van der Waals surface area contributed by atoms with Crippen molar-refractivity contribution >= 4 is 15.8 Å². The van der Waals surface area contributed by atoms with Crippen LogP contribution in [-0.4, -0.2) is 56.5 Å². The Morgan fingerprint density at radius 3 is 2.52 bits per heavy atom. The topological polar surface area (TPSA) is 61.8 Å². The second-order valence-electron chi connectivity index (χ2n) is 8.10. The molecule has 0 saturated carbocycles. The minimum atomic E-state index is -3.05.